The minimum atomic E-state index is -0.206. The van der Waals surface area contributed by atoms with Crippen molar-refractivity contribution in [1.29, 1.82) is 0 Å². The summed E-state index contributed by atoms with van der Waals surface area (Å²) in [6.45, 7) is 12.8. The quantitative estimate of drug-likeness (QED) is 0.420. The lowest BCUT2D eigenvalue weighted by Crippen LogP contribution is -2.47. The number of benzene rings is 2. The van der Waals surface area contributed by atoms with Crippen LogP contribution >= 0.6 is 0 Å². The average Bonchev–Trinajstić information content (AvgIpc) is 3.33. The lowest BCUT2D eigenvalue weighted by atomic mass is 9.84. The second kappa shape index (κ2) is 7.24. The Morgan fingerprint density at radius 1 is 1.09 bits per heavy atom. The maximum absolute atomic E-state index is 14.3. The third kappa shape index (κ3) is 3.22. The highest BCUT2D eigenvalue weighted by Gasteiger charge is 2.71. The molecule has 2 N–H and O–H groups in total. The molecule has 4 heteroatoms. The molecule has 170 valence electrons. The first-order valence-corrected chi connectivity index (χ1v) is 11.8. The van der Waals surface area contributed by atoms with Gasteiger partial charge in [0.1, 0.15) is 17.0 Å². The number of halogens is 1. The van der Waals surface area contributed by atoms with Gasteiger partial charge in [-0.3, -0.25) is 0 Å². The summed E-state index contributed by atoms with van der Waals surface area (Å²) in [7, 11) is 0. The molecule has 0 aromatic heterocycles. The molecule has 0 bridgehead atoms. The molecule has 1 aliphatic heterocycles. The second-order valence-electron chi connectivity index (χ2n) is 10.5. The Balaban J connectivity index is 1.70. The van der Waals surface area contributed by atoms with Crippen LogP contribution in [0.25, 0.3) is 5.57 Å². The molecule has 2 aromatic carbocycles. The number of aryl methyl sites for hydroxylation is 2. The Bertz CT molecular complexity index is 1300. The average molecular weight is 443 g/mol. The fraction of sp³-hybridized carbons (Fsp3) is 0.379. The van der Waals surface area contributed by atoms with Crippen LogP contribution in [0, 0.1) is 19.7 Å². The zero-order valence-corrected chi connectivity index (χ0v) is 20.5. The highest BCUT2D eigenvalue weighted by molar-refractivity contribution is 6.01. The van der Waals surface area contributed by atoms with E-state index in [0.29, 0.717) is 0 Å². The van der Waals surface area contributed by atoms with Gasteiger partial charge in [0.15, 0.2) is 5.84 Å². The molecule has 5 rings (SSSR count). The van der Waals surface area contributed by atoms with Crippen molar-refractivity contribution >= 4 is 22.9 Å². The van der Waals surface area contributed by atoms with Crippen LogP contribution in [-0.4, -0.2) is 21.8 Å². The van der Waals surface area contributed by atoms with E-state index in [9.17, 15) is 4.39 Å². The summed E-state index contributed by atoms with van der Waals surface area (Å²) in [6.07, 6.45) is 7.75. The molecule has 2 aliphatic carbocycles. The maximum atomic E-state index is 14.3. The number of amidine groups is 2. The van der Waals surface area contributed by atoms with Gasteiger partial charge < -0.3 is 5.73 Å². The number of allylic oxidation sites excluding steroid dienone is 4. The smallest absolute Gasteiger partial charge is 0.271 e. The van der Waals surface area contributed by atoms with Gasteiger partial charge in [-0.05, 0) is 105 Å². The highest BCUT2D eigenvalue weighted by Crippen LogP contribution is 2.63. The predicted molar refractivity (Wildman–Crippen MR) is 135 cm³/mol. The summed E-state index contributed by atoms with van der Waals surface area (Å²) in [4.78, 5) is 5.23. The maximum Gasteiger partial charge on any atom is 0.271 e. The molecule has 0 amide bonds. The minimum Gasteiger partial charge on any atom is -0.322 e. The molecule has 0 saturated heterocycles. The van der Waals surface area contributed by atoms with Gasteiger partial charge in [-0.1, -0.05) is 24.6 Å². The monoisotopic (exact) mass is 442 g/mol. The number of rotatable bonds is 2. The van der Waals surface area contributed by atoms with Crippen molar-refractivity contribution in [2.45, 2.75) is 71.8 Å². The minimum absolute atomic E-state index is 0.143. The van der Waals surface area contributed by atoms with Crippen molar-refractivity contribution in [3.63, 3.8) is 0 Å². The first-order chi connectivity index (χ1) is 15.5. The van der Waals surface area contributed by atoms with Gasteiger partial charge in [0.25, 0.3) is 5.84 Å². The zero-order valence-electron chi connectivity index (χ0n) is 20.5. The molecule has 33 heavy (non-hydrogen) atoms. The van der Waals surface area contributed by atoms with Crippen LogP contribution in [0.3, 0.4) is 0 Å². The number of aliphatic imine (C=N–C) groups is 1. The molecular weight excluding hydrogens is 409 g/mol. The first-order valence-electron chi connectivity index (χ1n) is 11.8. The summed E-state index contributed by atoms with van der Waals surface area (Å²) in [5.74, 6) is 1.33. The number of hydrogen-bond acceptors (Lipinski definition) is 1. The summed E-state index contributed by atoms with van der Waals surface area (Å²) in [6, 6.07) is 9.54. The Morgan fingerprint density at radius 3 is 2.42 bits per heavy atom. The van der Waals surface area contributed by atoms with E-state index in [-0.39, 0.29) is 16.8 Å². The van der Waals surface area contributed by atoms with Gasteiger partial charge in [-0.25, -0.2) is 8.97 Å². The Kier molecular flexibility index (Phi) is 4.79. The fourth-order valence-corrected chi connectivity index (χ4v) is 6.00. The second-order valence-corrected chi connectivity index (χ2v) is 10.5. The number of nitrogens with zero attached hydrogens (tertiary/aromatic N) is 2. The summed E-state index contributed by atoms with van der Waals surface area (Å²) in [5.41, 5.74) is 15.2. The van der Waals surface area contributed by atoms with Crippen molar-refractivity contribution in [2.75, 3.05) is 0 Å². The third-order valence-corrected chi connectivity index (χ3v) is 7.98. The van der Waals surface area contributed by atoms with E-state index in [2.05, 4.69) is 63.5 Å². The van der Waals surface area contributed by atoms with E-state index in [1.165, 1.54) is 22.8 Å². The number of nitrogens with two attached hydrogens (primary N) is 1. The predicted octanol–water partition coefficient (Wildman–Crippen LogP) is 6.47. The highest BCUT2D eigenvalue weighted by atomic mass is 19.1. The lowest BCUT2D eigenvalue weighted by molar-refractivity contribution is -0.476. The van der Waals surface area contributed by atoms with Crippen LogP contribution in [0.5, 0.6) is 0 Å². The van der Waals surface area contributed by atoms with Gasteiger partial charge in [-0.2, -0.15) is 0 Å². The van der Waals surface area contributed by atoms with Gasteiger partial charge >= 0.3 is 0 Å². The molecule has 1 fully saturated rings. The van der Waals surface area contributed by atoms with Crippen LogP contribution in [-0.2, 0) is 5.41 Å². The molecule has 3 aliphatic rings. The van der Waals surface area contributed by atoms with Crippen molar-refractivity contribution < 1.29 is 8.97 Å². The molecule has 3 nitrogen and oxygen atoms in total. The largest absolute Gasteiger partial charge is 0.322 e. The SMILES string of the molecule is CC1=CC(c2cc(C)c(N=C3c4ccc(F)cc4C4(C)CC4(C)[N+]3=C(C)N)c(C)c2)=CCC1. The molecule has 1 saturated carbocycles. The van der Waals surface area contributed by atoms with E-state index in [4.69, 9.17) is 10.7 Å². The van der Waals surface area contributed by atoms with E-state index in [1.54, 1.807) is 6.07 Å². The molecule has 0 spiro atoms. The van der Waals surface area contributed by atoms with Gasteiger partial charge in [0.2, 0.25) is 0 Å². The zero-order chi connectivity index (χ0) is 23.7. The first kappa shape index (κ1) is 21.8. The van der Waals surface area contributed by atoms with Crippen LogP contribution in [0.2, 0.25) is 0 Å². The number of hydrogen-bond donors (Lipinski definition) is 1. The van der Waals surface area contributed by atoms with E-state index < -0.39 is 0 Å². The van der Waals surface area contributed by atoms with Crippen LogP contribution < -0.4 is 5.73 Å². The van der Waals surface area contributed by atoms with E-state index in [1.807, 2.05) is 13.0 Å². The normalized spacial score (nSPS) is 28.6. The summed E-state index contributed by atoms with van der Waals surface area (Å²) < 4.78 is 16.5. The standard InChI is InChI=1S/C29H32FN3/c1-17-8-7-9-21(12-17)22-13-18(2)26(19(3)14-22)32-27-24-11-10-23(30)15-25(24)28(5)16-29(28,6)33(27)20(4)31/h9-15,31H,7-8,16H2,1-6H3/p+1. The Labute approximate surface area is 196 Å². The van der Waals surface area contributed by atoms with E-state index in [0.717, 1.165) is 58.9 Å². The summed E-state index contributed by atoms with van der Waals surface area (Å²) in [5, 5.41) is 0. The van der Waals surface area contributed by atoms with Crippen LogP contribution in [0.15, 0.2) is 53.0 Å². The van der Waals surface area contributed by atoms with Crippen molar-refractivity contribution in [1.82, 2.24) is 0 Å². The third-order valence-electron chi connectivity index (χ3n) is 7.98. The fourth-order valence-electron chi connectivity index (χ4n) is 6.00. The van der Waals surface area contributed by atoms with Gasteiger partial charge in [0.05, 0.1) is 5.56 Å². The summed E-state index contributed by atoms with van der Waals surface area (Å²) >= 11 is 0. The Hall–Kier alpha value is -3.01. The van der Waals surface area contributed by atoms with Crippen LogP contribution in [0.4, 0.5) is 10.1 Å². The molecule has 0 radical (unpaired) electrons. The van der Waals surface area contributed by atoms with Gasteiger partial charge in [0, 0.05) is 12.3 Å². The Morgan fingerprint density at radius 2 is 1.79 bits per heavy atom. The molecular formula is C29H33FN3+. The topological polar surface area (TPSA) is 41.4 Å². The van der Waals surface area contributed by atoms with Crippen LogP contribution in [0.1, 0.15) is 74.8 Å². The molecule has 2 unspecified atom stereocenters. The van der Waals surface area contributed by atoms with Gasteiger partial charge in [-0.15, -0.1) is 4.99 Å². The van der Waals surface area contributed by atoms with E-state index >= 15 is 0 Å². The molecule has 2 aromatic rings. The van der Waals surface area contributed by atoms with Crippen molar-refractivity contribution in [3.05, 3.63) is 81.7 Å². The van der Waals surface area contributed by atoms with Crippen molar-refractivity contribution in [2.24, 2.45) is 10.7 Å². The molecule has 2 atom stereocenters. The lowest BCUT2D eigenvalue weighted by Gasteiger charge is -2.30. The number of fused-ring (bicyclic) bond motifs is 3. The molecule has 1 heterocycles. The van der Waals surface area contributed by atoms with Crippen molar-refractivity contribution in [3.8, 4) is 0 Å².